The molecule has 1 amide bonds. The highest BCUT2D eigenvalue weighted by Crippen LogP contribution is 2.47. The van der Waals surface area contributed by atoms with Gasteiger partial charge in [-0.3, -0.25) is 9.52 Å². The number of hydrogen-bond acceptors (Lipinski definition) is 6. The van der Waals surface area contributed by atoms with Crippen LogP contribution in [0, 0.1) is 5.82 Å². The summed E-state index contributed by atoms with van der Waals surface area (Å²) in [4.78, 5) is 12.5. The van der Waals surface area contributed by atoms with Crippen LogP contribution < -0.4 is 14.8 Å². The zero-order chi connectivity index (χ0) is 22.9. The first-order chi connectivity index (χ1) is 15.2. The van der Waals surface area contributed by atoms with Crippen LogP contribution in [0.1, 0.15) is 29.9 Å². The molecule has 2 aliphatic heterocycles. The normalized spacial score (nSPS) is 24.2. The number of benzene rings is 2. The molecule has 8 nitrogen and oxygen atoms in total. The number of anilines is 1. The first kappa shape index (κ1) is 22.5. The van der Waals surface area contributed by atoms with Crippen molar-refractivity contribution in [2.24, 2.45) is 0 Å². The third-order valence-electron chi connectivity index (χ3n) is 5.59. The second kappa shape index (κ2) is 9.05. The third kappa shape index (κ3) is 5.20. The Balaban J connectivity index is 1.44. The maximum atomic E-state index is 13.3. The van der Waals surface area contributed by atoms with Gasteiger partial charge in [0.05, 0.1) is 25.4 Å². The number of ether oxygens (including phenoxy) is 2. The quantitative estimate of drug-likeness (QED) is 0.577. The number of halogens is 1. The van der Waals surface area contributed by atoms with Crippen molar-refractivity contribution < 1.29 is 32.2 Å². The van der Waals surface area contributed by atoms with Crippen molar-refractivity contribution in [3.8, 4) is 5.75 Å². The average molecular weight is 465 g/mol. The monoisotopic (exact) mass is 464 g/mol. The number of sulfonamides is 1. The van der Waals surface area contributed by atoms with Crippen molar-refractivity contribution in [1.29, 1.82) is 0 Å². The predicted octanol–water partition coefficient (Wildman–Crippen LogP) is 1.90. The molecule has 0 bridgehead atoms. The lowest BCUT2D eigenvalue weighted by Crippen LogP contribution is -2.47. The minimum Gasteiger partial charge on any atom is -0.487 e. The van der Waals surface area contributed by atoms with Crippen LogP contribution in [0.3, 0.4) is 0 Å². The van der Waals surface area contributed by atoms with Gasteiger partial charge in [-0.1, -0.05) is 12.1 Å². The molecule has 2 aromatic carbocycles. The van der Waals surface area contributed by atoms with Gasteiger partial charge < -0.3 is 19.9 Å². The number of amides is 1. The molecule has 1 fully saturated rings. The molecular formula is C22H25FN2O6S. The molecule has 2 aliphatic rings. The lowest BCUT2D eigenvalue weighted by molar-refractivity contribution is -0.142. The molecule has 4 rings (SSSR count). The minimum atomic E-state index is -3.43. The fourth-order valence-corrected chi connectivity index (χ4v) is 4.85. The van der Waals surface area contributed by atoms with E-state index in [1.807, 2.05) is 0 Å². The smallest absolute Gasteiger partial charge is 0.229 e. The van der Waals surface area contributed by atoms with E-state index in [-0.39, 0.29) is 37.2 Å². The number of aliphatic hydroxyl groups excluding tert-OH is 1. The summed E-state index contributed by atoms with van der Waals surface area (Å²) in [7, 11) is -3.43. The van der Waals surface area contributed by atoms with E-state index in [0.717, 1.165) is 11.8 Å². The Bertz CT molecular complexity index is 1110. The highest BCUT2D eigenvalue weighted by atomic mass is 32.2. The number of carbonyl (C=O) groups is 1. The van der Waals surface area contributed by atoms with Crippen molar-refractivity contribution in [3.63, 3.8) is 0 Å². The summed E-state index contributed by atoms with van der Waals surface area (Å²) in [6.07, 6.45) is 0.134. The summed E-state index contributed by atoms with van der Waals surface area (Å²) in [6.45, 7) is -0.0731. The summed E-state index contributed by atoms with van der Waals surface area (Å²) < 4.78 is 50.8. The Morgan fingerprint density at radius 1 is 1.25 bits per heavy atom. The summed E-state index contributed by atoms with van der Waals surface area (Å²) in [5.41, 5.74) is 1.89. The highest BCUT2D eigenvalue weighted by molar-refractivity contribution is 7.92. The van der Waals surface area contributed by atoms with Crippen LogP contribution in [-0.2, 0) is 26.1 Å². The third-order valence-corrected chi connectivity index (χ3v) is 6.20. The van der Waals surface area contributed by atoms with Gasteiger partial charge in [0.1, 0.15) is 23.8 Å². The van der Waals surface area contributed by atoms with Crippen LogP contribution in [0.5, 0.6) is 5.75 Å². The van der Waals surface area contributed by atoms with E-state index in [9.17, 15) is 22.7 Å². The lowest BCUT2D eigenvalue weighted by Gasteiger charge is -2.37. The van der Waals surface area contributed by atoms with Crippen molar-refractivity contribution in [2.75, 3.05) is 17.6 Å². The van der Waals surface area contributed by atoms with Gasteiger partial charge in [0.25, 0.3) is 0 Å². The Morgan fingerprint density at radius 3 is 2.78 bits per heavy atom. The molecule has 0 unspecified atom stereocenters. The van der Waals surface area contributed by atoms with Gasteiger partial charge in [-0.15, -0.1) is 0 Å². The van der Waals surface area contributed by atoms with Gasteiger partial charge >= 0.3 is 0 Å². The molecule has 2 aromatic rings. The Kier molecular flexibility index (Phi) is 6.36. The standard InChI is InChI=1S/C22H25FN2O6S/c1-32(28,29)25-15-5-6-19-17(8-15)18-9-16(30-20(12-26)22(18)31-19)10-21(27)24-11-13-3-2-4-14(23)7-13/h2-8,16,18,20,22,25-26H,9-12H2,1H3,(H,24,27)/t16-,18-,20-,22+/m1/s1. The molecule has 0 spiro atoms. The maximum absolute atomic E-state index is 13.3. The maximum Gasteiger partial charge on any atom is 0.229 e. The predicted molar refractivity (Wildman–Crippen MR) is 115 cm³/mol. The van der Waals surface area contributed by atoms with Gasteiger partial charge in [-0.2, -0.15) is 0 Å². The fraction of sp³-hybridized carbons (Fsp3) is 0.409. The van der Waals surface area contributed by atoms with E-state index >= 15 is 0 Å². The van der Waals surface area contributed by atoms with E-state index in [1.165, 1.54) is 12.1 Å². The van der Waals surface area contributed by atoms with Crippen LogP contribution in [0.25, 0.3) is 0 Å². The molecule has 172 valence electrons. The van der Waals surface area contributed by atoms with Crippen LogP contribution in [0.4, 0.5) is 10.1 Å². The van der Waals surface area contributed by atoms with Gasteiger partial charge in [0.15, 0.2) is 0 Å². The SMILES string of the molecule is CS(=O)(=O)Nc1ccc2c(c1)[C@H]1C[C@H](CC(=O)NCc3cccc(F)c3)O[C@H](CO)[C@H]1O2. The second-order valence-electron chi connectivity index (χ2n) is 8.14. The minimum absolute atomic E-state index is 0.0750. The molecule has 3 N–H and O–H groups in total. The van der Waals surface area contributed by atoms with Crippen molar-refractivity contribution in [2.45, 2.75) is 43.6 Å². The number of rotatable bonds is 7. The molecular weight excluding hydrogens is 439 g/mol. The van der Waals surface area contributed by atoms with Crippen LogP contribution in [0.2, 0.25) is 0 Å². The first-order valence-corrected chi connectivity index (χ1v) is 12.2. The molecule has 4 atom stereocenters. The Hall–Kier alpha value is -2.69. The molecule has 32 heavy (non-hydrogen) atoms. The summed E-state index contributed by atoms with van der Waals surface area (Å²) in [6, 6.07) is 11.0. The first-order valence-electron chi connectivity index (χ1n) is 10.3. The number of hydrogen-bond donors (Lipinski definition) is 3. The number of fused-ring (bicyclic) bond motifs is 3. The topological polar surface area (TPSA) is 114 Å². The van der Waals surface area contributed by atoms with Crippen molar-refractivity contribution in [3.05, 3.63) is 59.4 Å². The van der Waals surface area contributed by atoms with Gasteiger partial charge in [-0.05, 0) is 42.3 Å². The number of nitrogens with one attached hydrogen (secondary N) is 2. The molecule has 2 heterocycles. The van der Waals surface area contributed by atoms with E-state index < -0.39 is 28.3 Å². The lowest BCUT2D eigenvalue weighted by atomic mass is 9.84. The Labute approximate surface area is 185 Å². The largest absolute Gasteiger partial charge is 0.487 e. The van der Waals surface area contributed by atoms with E-state index in [1.54, 1.807) is 30.3 Å². The molecule has 0 radical (unpaired) electrons. The fourth-order valence-electron chi connectivity index (χ4n) is 4.29. The molecule has 0 aromatic heterocycles. The van der Waals surface area contributed by atoms with Crippen molar-refractivity contribution >= 4 is 21.6 Å². The highest BCUT2D eigenvalue weighted by Gasteiger charge is 2.46. The van der Waals surface area contributed by atoms with E-state index in [0.29, 0.717) is 23.4 Å². The van der Waals surface area contributed by atoms with Crippen molar-refractivity contribution in [1.82, 2.24) is 5.32 Å². The van der Waals surface area contributed by atoms with Crippen LogP contribution >= 0.6 is 0 Å². The van der Waals surface area contributed by atoms with E-state index in [4.69, 9.17) is 9.47 Å². The number of carbonyl (C=O) groups excluding carboxylic acids is 1. The molecule has 1 saturated heterocycles. The zero-order valence-corrected chi connectivity index (χ0v) is 18.3. The number of aliphatic hydroxyl groups is 1. The van der Waals surface area contributed by atoms with Gasteiger partial charge in [-0.25, -0.2) is 12.8 Å². The summed E-state index contributed by atoms with van der Waals surface area (Å²) in [5, 5.41) is 12.6. The molecule has 0 saturated carbocycles. The van der Waals surface area contributed by atoms with Gasteiger partial charge in [0.2, 0.25) is 15.9 Å². The molecule has 0 aliphatic carbocycles. The average Bonchev–Trinajstić information content (AvgIpc) is 3.08. The van der Waals surface area contributed by atoms with Gasteiger partial charge in [0, 0.05) is 23.7 Å². The van der Waals surface area contributed by atoms with E-state index in [2.05, 4.69) is 10.0 Å². The van der Waals surface area contributed by atoms with Crippen LogP contribution in [0.15, 0.2) is 42.5 Å². The summed E-state index contributed by atoms with van der Waals surface area (Å²) >= 11 is 0. The molecule has 10 heteroatoms. The second-order valence-corrected chi connectivity index (χ2v) is 9.89. The zero-order valence-electron chi connectivity index (χ0n) is 17.5. The van der Waals surface area contributed by atoms with Crippen LogP contribution in [-0.4, -0.2) is 50.6 Å². The Morgan fingerprint density at radius 2 is 2.06 bits per heavy atom. The summed E-state index contributed by atoms with van der Waals surface area (Å²) in [5.74, 6) is -0.162.